The number of rotatable bonds is 4. The fraction of sp³-hybridized carbons (Fsp3) is 0.136. The van der Waals surface area contributed by atoms with Gasteiger partial charge in [0.15, 0.2) is 0 Å². The lowest BCUT2D eigenvalue weighted by atomic mass is 9.89. The van der Waals surface area contributed by atoms with Crippen LogP contribution in [0.15, 0.2) is 60.7 Å². The summed E-state index contributed by atoms with van der Waals surface area (Å²) in [5, 5.41) is 9.34. The molecule has 0 unspecified atom stereocenters. The third-order valence-corrected chi connectivity index (χ3v) is 5.02. The van der Waals surface area contributed by atoms with Crippen LogP contribution in [0.5, 0.6) is 0 Å². The van der Waals surface area contributed by atoms with Crippen LogP contribution in [0, 0.1) is 0 Å². The van der Waals surface area contributed by atoms with Crippen LogP contribution >= 0.6 is 11.6 Å². The first kappa shape index (κ1) is 15.9. The number of alkyl halides is 1. The van der Waals surface area contributed by atoms with Crippen molar-refractivity contribution in [3.63, 3.8) is 0 Å². The lowest BCUT2D eigenvalue weighted by molar-refractivity contribution is 0.0697. The normalized spacial score (nSPS) is 11.9. The first-order chi connectivity index (χ1) is 12.2. The van der Waals surface area contributed by atoms with Crippen molar-refractivity contribution in [1.29, 1.82) is 0 Å². The molecule has 0 saturated heterocycles. The summed E-state index contributed by atoms with van der Waals surface area (Å²) in [6.07, 6.45) is 1.63. The van der Waals surface area contributed by atoms with Gasteiger partial charge in [0, 0.05) is 5.88 Å². The Kier molecular flexibility index (Phi) is 4.06. The quantitative estimate of drug-likeness (QED) is 0.501. The third-order valence-electron chi connectivity index (χ3n) is 4.84. The predicted octanol–water partition coefficient (Wildman–Crippen LogP) is 5.40. The fourth-order valence-electron chi connectivity index (χ4n) is 3.74. The number of aryl methyl sites for hydroxylation is 1. The molecule has 0 radical (unpaired) electrons. The zero-order valence-corrected chi connectivity index (χ0v) is 14.4. The number of halogens is 1. The molecule has 0 spiro atoms. The van der Waals surface area contributed by atoms with Crippen LogP contribution in [-0.2, 0) is 12.8 Å². The second kappa shape index (κ2) is 6.38. The largest absolute Gasteiger partial charge is 0.478 e. The Balaban J connectivity index is 1.95. The highest BCUT2D eigenvalue weighted by Crippen LogP contribution is 2.43. The molecule has 0 saturated carbocycles. The van der Waals surface area contributed by atoms with Gasteiger partial charge in [0.2, 0.25) is 0 Å². The molecule has 1 aliphatic carbocycles. The van der Waals surface area contributed by atoms with E-state index in [9.17, 15) is 9.90 Å². The van der Waals surface area contributed by atoms with Crippen molar-refractivity contribution in [2.24, 2.45) is 0 Å². The predicted molar refractivity (Wildman–Crippen MR) is 102 cm³/mol. The van der Waals surface area contributed by atoms with Gasteiger partial charge >= 0.3 is 5.97 Å². The van der Waals surface area contributed by atoms with Crippen LogP contribution in [0.3, 0.4) is 0 Å². The average Bonchev–Trinajstić information content (AvgIpc) is 3.00. The highest BCUT2D eigenvalue weighted by Gasteiger charge is 2.23. The molecular weight excluding hydrogens is 332 g/mol. The number of carboxylic acid groups (broad SMARTS) is 1. The van der Waals surface area contributed by atoms with Gasteiger partial charge in [0.1, 0.15) is 0 Å². The maximum absolute atomic E-state index is 11.4. The third kappa shape index (κ3) is 2.73. The monoisotopic (exact) mass is 348 g/mol. The summed E-state index contributed by atoms with van der Waals surface area (Å²) in [5.41, 5.74) is 8.66. The van der Waals surface area contributed by atoms with Gasteiger partial charge in [-0.15, -0.1) is 11.6 Å². The number of hydrogen-bond acceptors (Lipinski definition) is 1. The van der Waals surface area contributed by atoms with E-state index < -0.39 is 5.97 Å². The molecule has 4 rings (SSSR count). The molecule has 3 heteroatoms. The van der Waals surface area contributed by atoms with Gasteiger partial charge in [0.05, 0.1) is 5.56 Å². The Morgan fingerprint density at radius 1 is 1.00 bits per heavy atom. The molecule has 25 heavy (non-hydrogen) atoms. The van der Waals surface area contributed by atoms with Crippen LogP contribution in [0.1, 0.15) is 27.0 Å². The van der Waals surface area contributed by atoms with Gasteiger partial charge in [-0.3, -0.25) is 0 Å². The Hall–Kier alpha value is -2.58. The molecule has 0 atom stereocenters. The second-order valence-corrected chi connectivity index (χ2v) is 6.66. The minimum absolute atomic E-state index is 0.308. The van der Waals surface area contributed by atoms with E-state index in [0.29, 0.717) is 11.4 Å². The lowest BCUT2D eigenvalue weighted by Gasteiger charge is -2.15. The first-order valence-corrected chi connectivity index (χ1v) is 8.85. The Labute approximate surface area is 151 Å². The van der Waals surface area contributed by atoms with Gasteiger partial charge in [-0.05, 0) is 63.9 Å². The van der Waals surface area contributed by atoms with E-state index >= 15 is 0 Å². The second-order valence-electron chi connectivity index (χ2n) is 6.28. The molecule has 0 amide bonds. The van der Waals surface area contributed by atoms with E-state index in [1.54, 1.807) is 12.1 Å². The summed E-state index contributed by atoms with van der Waals surface area (Å²) in [5.74, 6) is -0.367. The molecule has 124 valence electrons. The Bertz CT molecular complexity index is 976. The molecule has 1 N–H and O–H groups in total. The van der Waals surface area contributed by atoms with Crippen molar-refractivity contribution >= 4 is 17.6 Å². The molecule has 3 aromatic carbocycles. The summed E-state index contributed by atoms with van der Waals surface area (Å²) in [4.78, 5) is 11.4. The molecule has 0 fully saturated rings. The minimum atomic E-state index is -0.906. The first-order valence-electron chi connectivity index (χ1n) is 8.32. The molecule has 0 heterocycles. The zero-order chi connectivity index (χ0) is 17.4. The Morgan fingerprint density at radius 3 is 2.64 bits per heavy atom. The minimum Gasteiger partial charge on any atom is -0.478 e. The molecule has 3 aromatic rings. The van der Waals surface area contributed by atoms with Crippen molar-refractivity contribution in [1.82, 2.24) is 0 Å². The van der Waals surface area contributed by atoms with E-state index in [2.05, 4.69) is 36.4 Å². The average molecular weight is 349 g/mol. The summed E-state index contributed by atoms with van der Waals surface area (Å²) >= 11 is 6.02. The standard InChI is InChI=1S/C22H17ClO2/c23-11-10-14-8-9-19-18-7-2-1-4-15(18)13-20(19)21(14)16-5-3-6-17(12-16)22(24)25/h1-9,12H,10-11,13H2,(H,24,25). The van der Waals surface area contributed by atoms with E-state index in [0.717, 1.165) is 24.0 Å². The fourth-order valence-corrected chi connectivity index (χ4v) is 3.94. The van der Waals surface area contributed by atoms with E-state index in [1.807, 2.05) is 12.1 Å². The summed E-state index contributed by atoms with van der Waals surface area (Å²) in [6.45, 7) is 0. The van der Waals surface area contributed by atoms with Gasteiger partial charge in [0.25, 0.3) is 0 Å². The maximum atomic E-state index is 11.4. The van der Waals surface area contributed by atoms with Crippen LogP contribution < -0.4 is 0 Å². The summed E-state index contributed by atoms with van der Waals surface area (Å²) in [7, 11) is 0. The molecular formula is C22H17ClO2. The van der Waals surface area contributed by atoms with Gasteiger partial charge < -0.3 is 5.11 Å². The van der Waals surface area contributed by atoms with Crippen molar-refractivity contribution in [3.8, 4) is 22.3 Å². The smallest absolute Gasteiger partial charge is 0.335 e. The molecule has 0 bridgehead atoms. The topological polar surface area (TPSA) is 37.3 Å². The highest BCUT2D eigenvalue weighted by molar-refractivity contribution is 6.18. The molecule has 0 aromatic heterocycles. The number of benzene rings is 3. The maximum Gasteiger partial charge on any atom is 0.335 e. The van der Waals surface area contributed by atoms with Crippen molar-refractivity contribution < 1.29 is 9.90 Å². The van der Waals surface area contributed by atoms with Gasteiger partial charge in [-0.1, -0.05) is 48.5 Å². The number of aromatic carboxylic acids is 1. The van der Waals surface area contributed by atoms with Crippen LogP contribution in [0.25, 0.3) is 22.3 Å². The molecule has 2 nitrogen and oxygen atoms in total. The lowest BCUT2D eigenvalue weighted by Crippen LogP contribution is -2.00. The summed E-state index contributed by atoms with van der Waals surface area (Å²) < 4.78 is 0. The number of hydrogen-bond donors (Lipinski definition) is 1. The summed E-state index contributed by atoms with van der Waals surface area (Å²) in [6, 6.07) is 19.9. The molecule has 1 aliphatic rings. The van der Waals surface area contributed by atoms with E-state index in [4.69, 9.17) is 11.6 Å². The Morgan fingerprint density at radius 2 is 1.84 bits per heavy atom. The van der Waals surface area contributed by atoms with E-state index in [1.165, 1.54) is 27.8 Å². The number of fused-ring (bicyclic) bond motifs is 3. The number of carbonyl (C=O) groups is 1. The molecule has 0 aliphatic heterocycles. The van der Waals surface area contributed by atoms with Gasteiger partial charge in [-0.2, -0.15) is 0 Å². The van der Waals surface area contributed by atoms with Crippen molar-refractivity contribution in [3.05, 3.63) is 82.9 Å². The number of carboxylic acids is 1. The van der Waals surface area contributed by atoms with Crippen molar-refractivity contribution in [2.75, 3.05) is 5.88 Å². The zero-order valence-electron chi connectivity index (χ0n) is 13.6. The highest BCUT2D eigenvalue weighted by atomic mass is 35.5. The van der Waals surface area contributed by atoms with Crippen molar-refractivity contribution in [2.45, 2.75) is 12.8 Å². The van der Waals surface area contributed by atoms with Crippen LogP contribution in [0.4, 0.5) is 0 Å². The van der Waals surface area contributed by atoms with Crippen LogP contribution in [-0.4, -0.2) is 17.0 Å². The van der Waals surface area contributed by atoms with E-state index in [-0.39, 0.29) is 0 Å². The van der Waals surface area contributed by atoms with Crippen LogP contribution in [0.2, 0.25) is 0 Å². The van der Waals surface area contributed by atoms with Gasteiger partial charge in [-0.25, -0.2) is 4.79 Å². The SMILES string of the molecule is O=C(O)c1cccc(-c2c(CCCl)ccc3c2Cc2ccccc2-3)c1.